The number of carbonyl (C=O) groups excluding carboxylic acids is 1. The van der Waals surface area contributed by atoms with E-state index in [1.54, 1.807) is 31.2 Å². The number of hydrogen-bond donors (Lipinski definition) is 1. The van der Waals surface area contributed by atoms with Crippen molar-refractivity contribution in [2.75, 3.05) is 0 Å². The summed E-state index contributed by atoms with van der Waals surface area (Å²) in [4.78, 5) is 12.5. The van der Waals surface area contributed by atoms with Gasteiger partial charge in [-0.3, -0.25) is 4.79 Å². The second kappa shape index (κ2) is 7.03. The maximum absolute atomic E-state index is 13.2. The van der Waals surface area contributed by atoms with Crippen LogP contribution < -0.4 is 5.32 Å². The first kappa shape index (κ1) is 17.1. The van der Waals surface area contributed by atoms with Gasteiger partial charge in [0.25, 0.3) is 5.91 Å². The lowest BCUT2D eigenvalue weighted by atomic mass is 10.1. The molecule has 0 aliphatic carbocycles. The zero-order chi connectivity index (χ0) is 18.0. The monoisotopic (exact) mass is 362 g/mol. The Kier molecular flexibility index (Phi) is 4.81. The van der Waals surface area contributed by atoms with Gasteiger partial charge in [0, 0.05) is 18.2 Å². The van der Waals surface area contributed by atoms with Gasteiger partial charge in [-0.1, -0.05) is 28.9 Å². The van der Waals surface area contributed by atoms with E-state index in [2.05, 4.69) is 10.5 Å². The summed E-state index contributed by atoms with van der Waals surface area (Å²) < 4.78 is 31.7. The number of rotatable bonds is 4. The number of nitrogens with one attached hydrogen (secondary N) is 1. The number of benzene rings is 2. The number of halogens is 3. The summed E-state index contributed by atoms with van der Waals surface area (Å²) in [6, 6.07) is 9.97. The van der Waals surface area contributed by atoms with Crippen LogP contribution >= 0.6 is 11.6 Å². The second-order valence-corrected chi connectivity index (χ2v) is 5.82. The first-order chi connectivity index (χ1) is 12.0. The summed E-state index contributed by atoms with van der Waals surface area (Å²) in [6.07, 6.45) is 0. The smallest absolute Gasteiger partial charge is 0.257 e. The van der Waals surface area contributed by atoms with Crippen molar-refractivity contribution in [1.82, 2.24) is 10.5 Å². The maximum atomic E-state index is 13.2. The number of amides is 1. The highest BCUT2D eigenvalue weighted by molar-refractivity contribution is 6.33. The van der Waals surface area contributed by atoms with Gasteiger partial charge in [-0.2, -0.15) is 0 Å². The molecule has 0 atom stereocenters. The Morgan fingerprint density at radius 3 is 2.56 bits per heavy atom. The molecule has 1 aromatic heterocycles. The molecule has 128 valence electrons. The SMILES string of the molecule is Cc1noc(-c2ccccc2Cl)c1C(=O)NCc1cc(F)cc(F)c1. The summed E-state index contributed by atoms with van der Waals surface area (Å²) in [5.74, 6) is -1.64. The van der Waals surface area contributed by atoms with Crippen LogP contribution in [0, 0.1) is 18.6 Å². The van der Waals surface area contributed by atoms with Crippen LogP contribution in [-0.2, 0) is 6.54 Å². The lowest BCUT2D eigenvalue weighted by molar-refractivity contribution is 0.0950. The molecule has 4 nitrogen and oxygen atoms in total. The van der Waals surface area contributed by atoms with Gasteiger partial charge in [-0.25, -0.2) is 8.78 Å². The van der Waals surface area contributed by atoms with Crippen LogP contribution in [0.2, 0.25) is 5.02 Å². The summed E-state index contributed by atoms with van der Waals surface area (Å²) in [5.41, 5.74) is 1.45. The zero-order valence-corrected chi connectivity index (χ0v) is 13.9. The van der Waals surface area contributed by atoms with Crippen molar-refractivity contribution in [2.45, 2.75) is 13.5 Å². The van der Waals surface area contributed by atoms with Crippen LogP contribution in [0.1, 0.15) is 21.6 Å². The molecule has 0 saturated carbocycles. The number of aryl methyl sites for hydroxylation is 1. The van der Waals surface area contributed by atoms with E-state index in [1.807, 2.05) is 0 Å². The first-order valence-corrected chi connectivity index (χ1v) is 7.78. The molecular formula is C18H13ClF2N2O2. The molecule has 0 fully saturated rings. The zero-order valence-electron chi connectivity index (χ0n) is 13.1. The molecule has 25 heavy (non-hydrogen) atoms. The van der Waals surface area contributed by atoms with Crippen molar-refractivity contribution in [1.29, 1.82) is 0 Å². The van der Waals surface area contributed by atoms with E-state index in [9.17, 15) is 13.6 Å². The number of hydrogen-bond acceptors (Lipinski definition) is 3. The number of aromatic nitrogens is 1. The normalized spacial score (nSPS) is 10.7. The minimum atomic E-state index is -0.706. The van der Waals surface area contributed by atoms with Gasteiger partial charge in [0.05, 0.1) is 10.7 Å². The van der Waals surface area contributed by atoms with E-state index in [-0.39, 0.29) is 17.9 Å². The van der Waals surface area contributed by atoms with Crippen LogP contribution in [-0.4, -0.2) is 11.1 Å². The average Bonchev–Trinajstić information content (AvgIpc) is 2.94. The van der Waals surface area contributed by atoms with E-state index >= 15 is 0 Å². The topological polar surface area (TPSA) is 55.1 Å². The van der Waals surface area contributed by atoms with Gasteiger partial charge in [0.15, 0.2) is 5.76 Å². The van der Waals surface area contributed by atoms with E-state index in [1.165, 1.54) is 0 Å². The van der Waals surface area contributed by atoms with Gasteiger partial charge in [0.1, 0.15) is 17.2 Å². The molecule has 0 spiro atoms. The molecule has 1 N–H and O–H groups in total. The molecule has 0 unspecified atom stereocenters. The van der Waals surface area contributed by atoms with Gasteiger partial charge in [-0.15, -0.1) is 0 Å². The molecule has 2 aromatic carbocycles. The Bertz CT molecular complexity index is 920. The molecule has 1 amide bonds. The fraction of sp³-hybridized carbons (Fsp3) is 0.111. The second-order valence-electron chi connectivity index (χ2n) is 5.41. The van der Waals surface area contributed by atoms with Crippen molar-refractivity contribution >= 4 is 17.5 Å². The van der Waals surface area contributed by atoms with Crippen LogP contribution in [0.25, 0.3) is 11.3 Å². The maximum Gasteiger partial charge on any atom is 0.257 e. The van der Waals surface area contributed by atoms with Gasteiger partial charge < -0.3 is 9.84 Å². The fourth-order valence-electron chi connectivity index (χ4n) is 2.45. The van der Waals surface area contributed by atoms with Gasteiger partial charge >= 0.3 is 0 Å². The summed E-state index contributed by atoms with van der Waals surface area (Å²) in [6.45, 7) is 1.58. The molecule has 0 bridgehead atoms. The van der Waals surface area contributed by atoms with Crippen molar-refractivity contribution in [3.05, 3.63) is 75.9 Å². The Labute approximate surface area is 147 Å². The average molecular weight is 363 g/mol. The van der Waals surface area contributed by atoms with Gasteiger partial charge in [0.2, 0.25) is 0 Å². The lowest BCUT2D eigenvalue weighted by Crippen LogP contribution is -2.23. The largest absolute Gasteiger partial charge is 0.355 e. The van der Waals surface area contributed by atoms with Crippen LogP contribution in [0.5, 0.6) is 0 Å². The van der Waals surface area contributed by atoms with Crippen molar-refractivity contribution in [3.8, 4) is 11.3 Å². The van der Waals surface area contributed by atoms with Crippen LogP contribution in [0.15, 0.2) is 47.0 Å². The molecule has 1 heterocycles. The third kappa shape index (κ3) is 3.69. The lowest BCUT2D eigenvalue weighted by Gasteiger charge is -2.07. The minimum Gasteiger partial charge on any atom is -0.355 e. The summed E-state index contributed by atoms with van der Waals surface area (Å²) in [5, 5.41) is 6.85. The number of nitrogens with zero attached hydrogens (tertiary/aromatic N) is 1. The highest BCUT2D eigenvalue weighted by atomic mass is 35.5. The van der Waals surface area contributed by atoms with E-state index in [0.717, 1.165) is 18.2 Å². The molecule has 0 aliphatic heterocycles. The predicted molar refractivity (Wildman–Crippen MR) is 89.2 cm³/mol. The fourth-order valence-corrected chi connectivity index (χ4v) is 2.67. The predicted octanol–water partition coefficient (Wildman–Crippen LogP) is 4.51. The molecular weight excluding hydrogens is 350 g/mol. The van der Waals surface area contributed by atoms with E-state index in [4.69, 9.17) is 16.1 Å². The summed E-state index contributed by atoms with van der Waals surface area (Å²) in [7, 11) is 0. The Morgan fingerprint density at radius 1 is 1.20 bits per heavy atom. The molecule has 0 saturated heterocycles. The highest BCUT2D eigenvalue weighted by Gasteiger charge is 2.23. The van der Waals surface area contributed by atoms with E-state index in [0.29, 0.717) is 21.8 Å². The van der Waals surface area contributed by atoms with Crippen molar-refractivity contribution < 1.29 is 18.1 Å². The van der Waals surface area contributed by atoms with Crippen molar-refractivity contribution in [2.24, 2.45) is 0 Å². The third-order valence-corrected chi connectivity index (χ3v) is 3.91. The molecule has 3 aromatic rings. The first-order valence-electron chi connectivity index (χ1n) is 7.40. The molecule has 7 heteroatoms. The van der Waals surface area contributed by atoms with Crippen molar-refractivity contribution in [3.63, 3.8) is 0 Å². The minimum absolute atomic E-state index is 0.0416. The Balaban J connectivity index is 1.86. The molecule has 0 radical (unpaired) electrons. The summed E-state index contributed by atoms with van der Waals surface area (Å²) >= 11 is 6.15. The molecule has 3 rings (SSSR count). The highest BCUT2D eigenvalue weighted by Crippen LogP contribution is 2.31. The van der Waals surface area contributed by atoms with Gasteiger partial charge in [-0.05, 0) is 36.8 Å². The Morgan fingerprint density at radius 2 is 1.88 bits per heavy atom. The molecule has 0 aliphatic rings. The quantitative estimate of drug-likeness (QED) is 0.742. The van der Waals surface area contributed by atoms with E-state index < -0.39 is 17.5 Å². The standard InChI is InChI=1S/C18H13ClF2N2O2/c1-10-16(17(25-23-10)14-4-2-3-5-15(14)19)18(24)22-9-11-6-12(20)8-13(21)7-11/h2-8H,9H2,1H3,(H,22,24). The third-order valence-electron chi connectivity index (χ3n) is 3.58. The number of carbonyl (C=O) groups is 1. The Hall–Kier alpha value is -2.73. The van der Waals surface area contributed by atoms with Crippen LogP contribution in [0.3, 0.4) is 0 Å². The van der Waals surface area contributed by atoms with Crippen LogP contribution in [0.4, 0.5) is 8.78 Å².